The van der Waals surface area contributed by atoms with Gasteiger partial charge in [0.15, 0.2) is 4.34 Å². The van der Waals surface area contributed by atoms with Gasteiger partial charge in [0.05, 0.1) is 7.11 Å². The average molecular weight is 380 g/mol. The van der Waals surface area contributed by atoms with E-state index in [1.807, 2.05) is 24.3 Å². The second kappa shape index (κ2) is 10.4. The molecule has 0 aliphatic rings. The van der Waals surface area contributed by atoms with Crippen molar-refractivity contribution >= 4 is 34.1 Å². The standard InChI is InChI=1S/C18H25N3O2S2/c1-4-6-7-14(5-2)16(22)19-17-20-21-18(25-17)24-12-13-8-10-15(23-3)11-9-13/h8-11,14H,4-7,12H2,1-3H3,(H,19,20,22)/t14-/m0/s1. The number of hydrogen-bond donors (Lipinski definition) is 1. The van der Waals surface area contributed by atoms with E-state index in [1.165, 1.54) is 16.9 Å². The number of thioether (sulfide) groups is 1. The molecular weight excluding hydrogens is 354 g/mol. The van der Waals surface area contributed by atoms with Crippen LogP contribution in [0.3, 0.4) is 0 Å². The van der Waals surface area contributed by atoms with Crippen LogP contribution >= 0.6 is 23.1 Å². The topological polar surface area (TPSA) is 64.1 Å². The van der Waals surface area contributed by atoms with Crippen LogP contribution in [0.2, 0.25) is 0 Å². The lowest BCUT2D eigenvalue weighted by Crippen LogP contribution is -2.22. The molecule has 1 amide bonds. The molecule has 0 aliphatic carbocycles. The Balaban J connectivity index is 1.85. The summed E-state index contributed by atoms with van der Waals surface area (Å²) in [5.74, 6) is 1.77. The zero-order valence-corrected chi connectivity index (χ0v) is 16.6. The number of carbonyl (C=O) groups is 1. The molecule has 0 aliphatic heterocycles. The van der Waals surface area contributed by atoms with E-state index in [0.29, 0.717) is 5.13 Å². The fraction of sp³-hybridized carbons (Fsp3) is 0.500. The van der Waals surface area contributed by atoms with Crippen molar-refractivity contribution in [2.75, 3.05) is 12.4 Å². The number of carbonyl (C=O) groups excluding carboxylic acids is 1. The number of methoxy groups -OCH3 is 1. The number of benzene rings is 1. The van der Waals surface area contributed by atoms with Crippen molar-refractivity contribution in [3.05, 3.63) is 29.8 Å². The molecule has 0 saturated heterocycles. The molecule has 5 nitrogen and oxygen atoms in total. The van der Waals surface area contributed by atoms with Gasteiger partial charge in [-0.25, -0.2) is 0 Å². The highest BCUT2D eigenvalue weighted by Crippen LogP contribution is 2.29. The molecule has 2 aromatic rings. The summed E-state index contributed by atoms with van der Waals surface area (Å²) in [5.41, 5.74) is 1.19. The van der Waals surface area contributed by atoms with Crippen molar-refractivity contribution in [1.82, 2.24) is 10.2 Å². The molecule has 2 rings (SSSR count). The number of aromatic nitrogens is 2. The predicted octanol–water partition coefficient (Wildman–Crippen LogP) is 4.99. The van der Waals surface area contributed by atoms with Crippen molar-refractivity contribution in [2.24, 2.45) is 5.92 Å². The summed E-state index contributed by atoms with van der Waals surface area (Å²) in [6.45, 7) is 4.19. The van der Waals surface area contributed by atoms with Crippen LogP contribution in [0.4, 0.5) is 5.13 Å². The van der Waals surface area contributed by atoms with Gasteiger partial charge in [0.2, 0.25) is 11.0 Å². The molecule has 136 valence electrons. The largest absolute Gasteiger partial charge is 0.497 e. The van der Waals surface area contributed by atoms with Gasteiger partial charge in [-0.3, -0.25) is 4.79 Å². The molecular formula is C18H25N3O2S2. The van der Waals surface area contributed by atoms with E-state index >= 15 is 0 Å². The SMILES string of the molecule is CCCC[C@H](CC)C(=O)Nc1nnc(SCc2ccc(OC)cc2)s1. The molecule has 0 bridgehead atoms. The normalized spacial score (nSPS) is 12.0. The minimum Gasteiger partial charge on any atom is -0.497 e. The molecule has 1 aromatic heterocycles. The van der Waals surface area contributed by atoms with Crippen molar-refractivity contribution in [3.63, 3.8) is 0 Å². The molecule has 1 N–H and O–H groups in total. The van der Waals surface area contributed by atoms with Crippen molar-refractivity contribution in [1.29, 1.82) is 0 Å². The first-order valence-corrected chi connectivity index (χ1v) is 10.4. The van der Waals surface area contributed by atoms with Gasteiger partial charge in [-0.1, -0.05) is 61.9 Å². The van der Waals surface area contributed by atoms with Gasteiger partial charge in [-0.2, -0.15) is 0 Å². The first-order chi connectivity index (χ1) is 12.2. The average Bonchev–Trinajstić information content (AvgIpc) is 3.08. The van der Waals surface area contributed by atoms with Gasteiger partial charge >= 0.3 is 0 Å². The third kappa shape index (κ3) is 6.32. The Kier molecular flexibility index (Phi) is 8.21. The molecule has 0 spiro atoms. The first kappa shape index (κ1) is 19.7. The predicted molar refractivity (Wildman–Crippen MR) is 104 cm³/mol. The molecule has 0 saturated carbocycles. The van der Waals surface area contributed by atoms with E-state index < -0.39 is 0 Å². The third-order valence-corrected chi connectivity index (χ3v) is 5.97. The molecule has 1 aromatic carbocycles. The van der Waals surface area contributed by atoms with Gasteiger partial charge in [0.1, 0.15) is 5.75 Å². The third-order valence-electron chi connectivity index (χ3n) is 3.93. The Morgan fingerprint density at radius 1 is 1.28 bits per heavy atom. The number of anilines is 1. The highest BCUT2D eigenvalue weighted by Gasteiger charge is 2.17. The van der Waals surface area contributed by atoms with Crippen LogP contribution in [0.15, 0.2) is 28.6 Å². The molecule has 1 atom stereocenters. The summed E-state index contributed by atoms with van der Waals surface area (Å²) >= 11 is 3.04. The number of hydrogen-bond acceptors (Lipinski definition) is 6. The smallest absolute Gasteiger partial charge is 0.229 e. The number of ether oxygens (including phenoxy) is 1. The van der Waals surface area contributed by atoms with Crippen molar-refractivity contribution in [3.8, 4) is 5.75 Å². The summed E-state index contributed by atoms with van der Waals surface area (Å²) in [5, 5.41) is 11.7. The lowest BCUT2D eigenvalue weighted by Gasteiger charge is -2.12. The van der Waals surface area contributed by atoms with Crippen LogP contribution < -0.4 is 10.1 Å². The maximum Gasteiger partial charge on any atom is 0.229 e. The van der Waals surface area contributed by atoms with Crippen LogP contribution in [0.25, 0.3) is 0 Å². The van der Waals surface area contributed by atoms with Crippen molar-refractivity contribution < 1.29 is 9.53 Å². The summed E-state index contributed by atoms with van der Waals surface area (Å²) in [6.07, 6.45) is 3.96. The van der Waals surface area contributed by atoms with Gasteiger partial charge in [0, 0.05) is 11.7 Å². The summed E-state index contributed by atoms with van der Waals surface area (Å²) in [4.78, 5) is 12.3. The van der Waals surface area contributed by atoms with E-state index in [9.17, 15) is 4.79 Å². The monoisotopic (exact) mass is 379 g/mol. The number of nitrogens with one attached hydrogen (secondary N) is 1. The highest BCUT2D eigenvalue weighted by molar-refractivity contribution is 8.00. The first-order valence-electron chi connectivity index (χ1n) is 8.56. The Labute approximate surface area is 157 Å². The summed E-state index contributed by atoms with van der Waals surface area (Å²) in [7, 11) is 1.66. The van der Waals surface area contributed by atoms with E-state index in [0.717, 1.165) is 41.5 Å². The number of rotatable bonds is 10. The Bertz CT molecular complexity index is 659. The summed E-state index contributed by atoms with van der Waals surface area (Å²) in [6, 6.07) is 7.97. The van der Waals surface area contributed by atoms with Crippen LogP contribution in [0.1, 0.15) is 45.1 Å². The van der Waals surface area contributed by atoms with Crippen LogP contribution in [0, 0.1) is 5.92 Å². The van der Waals surface area contributed by atoms with Gasteiger partial charge < -0.3 is 10.1 Å². The van der Waals surface area contributed by atoms with E-state index in [-0.39, 0.29) is 11.8 Å². The minimum atomic E-state index is 0.0544. The lowest BCUT2D eigenvalue weighted by molar-refractivity contribution is -0.120. The Morgan fingerprint density at radius 2 is 2.04 bits per heavy atom. The fourth-order valence-electron chi connectivity index (χ4n) is 2.36. The van der Waals surface area contributed by atoms with E-state index in [2.05, 4.69) is 29.4 Å². The maximum absolute atomic E-state index is 12.3. The van der Waals surface area contributed by atoms with Crippen LogP contribution in [-0.4, -0.2) is 23.2 Å². The van der Waals surface area contributed by atoms with Crippen molar-refractivity contribution in [2.45, 2.75) is 49.6 Å². The Hall–Kier alpha value is -1.60. The van der Waals surface area contributed by atoms with Gasteiger partial charge in [0.25, 0.3) is 0 Å². The fourth-order valence-corrected chi connectivity index (χ4v) is 4.07. The van der Waals surface area contributed by atoms with Crippen LogP contribution in [-0.2, 0) is 10.5 Å². The van der Waals surface area contributed by atoms with Crippen LogP contribution in [0.5, 0.6) is 5.75 Å². The number of amides is 1. The Morgan fingerprint density at radius 3 is 2.68 bits per heavy atom. The molecule has 0 radical (unpaired) electrons. The quantitative estimate of drug-likeness (QED) is 0.465. The molecule has 1 heterocycles. The van der Waals surface area contributed by atoms with E-state index in [1.54, 1.807) is 18.9 Å². The molecule has 7 heteroatoms. The second-order valence-electron chi connectivity index (χ2n) is 5.75. The zero-order valence-electron chi connectivity index (χ0n) is 14.9. The van der Waals surface area contributed by atoms with Gasteiger partial charge in [-0.15, -0.1) is 10.2 Å². The number of nitrogens with zero attached hydrogens (tertiary/aromatic N) is 2. The maximum atomic E-state index is 12.3. The molecule has 0 fully saturated rings. The van der Waals surface area contributed by atoms with Gasteiger partial charge in [-0.05, 0) is 30.5 Å². The summed E-state index contributed by atoms with van der Waals surface area (Å²) < 4.78 is 6.01. The minimum absolute atomic E-state index is 0.0544. The lowest BCUT2D eigenvalue weighted by atomic mass is 9.99. The molecule has 0 unspecified atom stereocenters. The van der Waals surface area contributed by atoms with E-state index in [4.69, 9.17) is 4.74 Å². The number of unbranched alkanes of at least 4 members (excludes halogenated alkanes) is 1. The zero-order chi connectivity index (χ0) is 18.1. The second-order valence-corrected chi connectivity index (χ2v) is 7.95. The highest BCUT2D eigenvalue weighted by atomic mass is 32.2. The molecule has 25 heavy (non-hydrogen) atoms.